The molecule has 2 aliphatic carbocycles. The van der Waals surface area contributed by atoms with E-state index in [4.69, 9.17) is 22.3 Å². The normalized spacial score (nSPS) is 24.0. The lowest BCUT2D eigenvalue weighted by Crippen LogP contribution is -2.63. The van der Waals surface area contributed by atoms with Crippen molar-refractivity contribution in [1.29, 1.82) is 10.8 Å². The SMILES string of the molecule is N=C(N)NCCC[C@H](NC(=O)[C@@H]1CC2CCCCC2N1C(=O)[C@H]1Cc2ccccc2CN1C(=O)[C@H](CO)NC(=O)[C@H](Cc1cccs1)NC(=O)CN1C[C@H](O)C[C@H]1C(=O)NC(=O)CCC(=O)NC(=O)[C@@H]1C[C@@H](O)CN1CC(=O)N[C@@H](Cc1cccs1)C(=O)N[C@@H](CO)C(=O)N1Cc2ccccc2C[C@@H]1C(=O)N1C2CCCCC2C[C@H]1C(=O)N[C@@H](CCCNC(=N)N)C(=O)O)C(=O)O. The summed E-state index contributed by atoms with van der Waals surface area (Å²) in [5, 5.41) is 108. The maximum absolute atomic E-state index is 15.4. The Morgan fingerprint density at radius 2 is 0.811 bits per heavy atom. The van der Waals surface area contributed by atoms with Crippen LogP contribution in [0.25, 0.3) is 0 Å². The quantitative estimate of drug-likeness (QED) is 0.0116. The summed E-state index contributed by atoms with van der Waals surface area (Å²) in [5.74, 6) is -15.3. The molecule has 8 aliphatic rings. The zero-order chi connectivity index (χ0) is 94.7. The number of imide groups is 2. The molecule has 2 aromatic heterocycles. The number of benzene rings is 2. The molecule has 132 heavy (non-hydrogen) atoms. The van der Waals surface area contributed by atoms with Gasteiger partial charge in [0.15, 0.2) is 11.9 Å². The fourth-order valence-corrected chi connectivity index (χ4v) is 21.2. The van der Waals surface area contributed by atoms with Crippen LogP contribution < -0.4 is 64.6 Å². The van der Waals surface area contributed by atoms with E-state index in [9.17, 15) is 88.2 Å². The van der Waals surface area contributed by atoms with Crippen LogP contribution in [0.15, 0.2) is 83.6 Å². The molecule has 6 fully saturated rings. The lowest BCUT2D eigenvalue weighted by Gasteiger charge is -2.42. The summed E-state index contributed by atoms with van der Waals surface area (Å²) < 4.78 is 0. The number of amides is 14. The first-order valence-corrected chi connectivity index (χ1v) is 46.6. The standard InChI is InChI=1S/C88H118N20O22S2/c89-87(90)93-27-9-21-57(85(127)128)97-79(121)67-33-49-15-5-7-23-63(49)107(67)83(125)69-31-47-13-1-3-17-51(47)39-105(69)81(123)61(45-109)99-75(117)59(37-55-19-11-29-131-55)95-73(115)43-103-41-53(111)35-65(103)77(119)101-71(113)25-26-72(114)102-78(120)66-36-54(112)42-104(66)44-74(116)96-60(38-56-20-12-30-132-56)76(118)100-62(46-110)82(124)106-40-52-18-4-2-14-48(52)32-70(106)84(126)108-64-24-8-6-16-50(64)34-68(108)80(122)98-58(86(129)130)22-10-28-94-88(91)92/h1-4,11-14,17-20,29-30,49-50,53-54,57-70,109-112H,5-10,15-16,21-28,31-46H2,(H,95,115)(H,96,116)(H,97,121)(H,98,122)(H,99,117)(H,100,118)(H,127,128)(H,129,130)(H4,89,90,93)(H4,91,92,94)(H,101,113,119)(H,102,114,120)/t49?,50?,53-,54-,57+,58+,59+,60+,61+,62+,63?,64?,65+,66+,67+,68+,69-,70-/m1/s1. The molecule has 4 aromatic rings. The predicted octanol–water partition coefficient (Wildman–Crippen LogP) is -3.65. The number of aliphatic hydroxyl groups excluding tert-OH is 4. The number of carbonyl (C=O) groups is 16. The lowest BCUT2D eigenvalue weighted by atomic mass is 9.84. The van der Waals surface area contributed by atoms with Gasteiger partial charge in [0.25, 0.3) is 0 Å². The average molecular weight is 1870 g/mol. The van der Waals surface area contributed by atoms with Crippen molar-refractivity contribution in [3.05, 3.63) is 116 Å². The van der Waals surface area contributed by atoms with Crippen molar-refractivity contribution in [2.45, 2.75) is 251 Å². The molecule has 4 unspecified atom stereocenters. The van der Waals surface area contributed by atoms with Gasteiger partial charge >= 0.3 is 11.9 Å². The summed E-state index contributed by atoms with van der Waals surface area (Å²) in [6, 6.07) is 3.59. The number of nitrogens with zero attached hydrogens (tertiary/aromatic N) is 6. The number of hydrogen-bond donors (Lipinski definition) is 20. The molecule has 18 atom stereocenters. The maximum atomic E-state index is 15.4. The lowest BCUT2D eigenvalue weighted by molar-refractivity contribution is -0.153. The van der Waals surface area contributed by atoms with E-state index in [-0.39, 0.29) is 140 Å². The molecule has 0 bridgehead atoms. The number of thiophene rings is 2. The van der Waals surface area contributed by atoms with Crippen LogP contribution in [0, 0.1) is 22.7 Å². The van der Waals surface area contributed by atoms with Gasteiger partial charge < -0.3 is 104 Å². The molecule has 714 valence electrons. The number of likely N-dealkylation sites (tertiary alicyclic amines) is 4. The minimum Gasteiger partial charge on any atom is -0.480 e. The van der Waals surface area contributed by atoms with E-state index in [2.05, 4.69) is 53.2 Å². The van der Waals surface area contributed by atoms with Crippen LogP contribution >= 0.6 is 22.7 Å². The number of carboxylic acid groups (broad SMARTS) is 2. The van der Waals surface area contributed by atoms with Crippen molar-refractivity contribution in [1.82, 2.24) is 82.6 Å². The fourth-order valence-electron chi connectivity index (χ4n) is 19.7. The molecular formula is C88H118N20O22S2. The number of nitrogens with one attached hydrogen (secondary N) is 12. The molecule has 0 radical (unpaired) electrons. The van der Waals surface area contributed by atoms with Crippen molar-refractivity contribution >= 4 is 129 Å². The van der Waals surface area contributed by atoms with E-state index < -0.39 is 231 Å². The molecule has 8 heterocycles. The number of hydrogen-bond acceptors (Lipinski definition) is 26. The Hall–Kier alpha value is -11.9. The zero-order valence-corrected chi connectivity index (χ0v) is 74.6. The summed E-state index contributed by atoms with van der Waals surface area (Å²) in [4.78, 5) is 236. The highest BCUT2D eigenvalue weighted by Gasteiger charge is 2.55. The Kier molecular flexibility index (Phi) is 34.5. The second-order valence-corrected chi connectivity index (χ2v) is 37.2. The van der Waals surface area contributed by atoms with E-state index in [1.807, 2.05) is 0 Å². The van der Waals surface area contributed by atoms with Crippen LogP contribution in [-0.2, 0) is 115 Å². The molecule has 4 saturated heterocycles. The Labute approximate surface area is 768 Å². The molecule has 22 N–H and O–H groups in total. The van der Waals surface area contributed by atoms with Gasteiger partial charge in [-0.15, -0.1) is 22.7 Å². The van der Waals surface area contributed by atoms with Crippen LogP contribution in [0.2, 0.25) is 0 Å². The molecule has 44 heteroatoms. The highest BCUT2D eigenvalue weighted by molar-refractivity contribution is 7.10. The van der Waals surface area contributed by atoms with E-state index in [0.717, 1.165) is 36.8 Å². The molecular weight excluding hydrogens is 1750 g/mol. The molecule has 2 aromatic carbocycles. The van der Waals surface area contributed by atoms with Gasteiger partial charge in [-0.3, -0.25) is 98.4 Å². The Bertz CT molecular complexity index is 4620. The van der Waals surface area contributed by atoms with E-state index in [1.54, 1.807) is 83.6 Å². The van der Waals surface area contributed by atoms with Gasteiger partial charge in [-0.05, 0) is 134 Å². The number of aliphatic hydroxyl groups is 4. The molecule has 14 amide bonds. The topological polar surface area (TPSA) is 634 Å². The molecule has 2 saturated carbocycles. The molecule has 6 aliphatic heterocycles. The molecule has 12 rings (SSSR count). The van der Waals surface area contributed by atoms with Crippen LogP contribution in [0.1, 0.15) is 148 Å². The predicted molar refractivity (Wildman–Crippen MR) is 474 cm³/mol. The summed E-state index contributed by atoms with van der Waals surface area (Å²) in [6.45, 7) is -3.75. The third kappa shape index (κ3) is 25.3. The van der Waals surface area contributed by atoms with Gasteiger partial charge in [0.2, 0.25) is 82.7 Å². The molecule has 0 spiro atoms. The minimum absolute atomic E-state index is 0.0226. The summed E-state index contributed by atoms with van der Waals surface area (Å²) in [5.41, 5.74) is 13.6. The first kappa shape index (κ1) is 99.1. The smallest absolute Gasteiger partial charge is 0.326 e. The van der Waals surface area contributed by atoms with Crippen LogP contribution in [0.5, 0.6) is 0 Å². The van der Waals surface area contributed by atoms with Crippen molar-refractivity contribution in [2.24, 2.45) is 23.3 Å². The van der Waals surface area contributed by atoms with Crippen molar-refractivity contribution in [3.63, 3.8) is 0 Å². The summed E-state index contributed by atoms with van der Waals surface area (Å²) >= 11 is 2.48. The summed E-state index contributed by atoms with van der Waals surface area (Å²) in [6.07, 6.45) is 1.81. The van der Waals surface area contributed by atoms with Gasteiger partial charge in [-0.1, -0.05) is 86.3 Å². The number of rotatable bonds is 39. The minimum atomic E-state index is -1.71. The number of aliphatic carboxylic acids is 2. The first-order valence-electron chi connectivity index (χ1n) is 44.8. The second kappa shape index (κ2) is 45.9. The number of carboxylic acids is 2. The first-order chi connectivity index (χ1) is 63.2. The van der Waals surface area contributed by atoms with E-state index in [1.165, 1.54) is 52.1 Å². The Morgan fingerprint density at radius 3 is 1.17 bits per heavy atom. The van der Waals surface area contributed by atoms with Crippen molar-refractivity contribution < 1.29 is 107 Å². The monoisotopic (exact) mass is 1870 g/mol. The van der Waals surface area contributed by atoms with E-state index >= 15 is 19.2 Å². The number of β-amino-alcohol motifs (C(OH)–C–C–N with tert-alkyl or cyclic N) is 2. The van der Waals surface area contributed by atoms with Crippen molar-refractivity contribution in [2.75, 3.05) is 52.5 Å². The third-order valence-corrected chi connectivity index (χ3v) is 28.0. The van der Waals surface area contributed by atoms with Crippen LogP contribution in [0.4, 0.5) is 0 Å². The van der Waals surface area contributed by atoms with Gasteiger partial charge in [-0.2, -0.15) is 0 Å². The van der Waals surface area contributed by atoms with Crippen molar-refractivity contribution in [3.8, 4) is 0 Å². The Morgan fingerprint density at radius 1 is 0.432 bits per heavy atom. The Balaban J connectivity index is 0.638. The summed E-state index contributed by atoms with van der Waals surface area (Å²) in [7, 11) is 0. The third-order valence-electron chi connectivity index (χ3n) is 26.2. The van der Waals surface area contributed by atoms with Gasteiger partial charge in [0.1, 0.15) is 60.4 Å². The highest BCUT2D eigenvalue weighted by atomic mass is 32.1. The van der Waals surface area contributed by atoms with Gasteiger partial charge in [-0.25, -0.2) is 9.59 Å². The zero-order valence-electron chi connectivity index (χ0n) is 73.0. The largest absolute Gasteiger partial charge is 0.480 e. The van der Waals surface area contributed by atoms with Crippen LogP contribution in [0.3, 0.4) is 0 Å². The molecule has 42 nitrogen and oxygen atoms in total. The fraction of sp³-hybridized carbons (Fsp3) is 0.568. The number of carbonyl (C=O) groups excluding carboxylic acids is 14. The van der Waals surface area contributed by atoms with Gasteiger partial charge in [0, 0.05) is 99.6 Å². The average Bonchev–Trinajstić information content (AvgIpc) is 1.56. The van der Waals surface area contributed by atoms with Gasteiger partial charge in [0.05, 0.1) is 50.6 Å². The highest BCUT2D eigenvalue weighted by Crippen LogP contribution is 2.44. The number of nitrogens with two attached hydrogens (primary N) is 2. The second-order valence-electron chi connectivity index (χ2n) is 35.2. The van der Waals surface area contributed by atoms with Crippen LogP contribution in [-0.4, -0.2) is 316 Å². The maximum Gasteiger partial charge on any atom is 0.326 e. The van der Waals surface area contributed by atoms with E-state index in [0.29, 0.717) is 46.6 Å². The number of fused-ring (bicyclic) bond motifs is 4. The number of guanidine groups is 2.